The molecule has 0 radical (unpaired) electrons. The van der Waals surface area contributed by atoms with Crippen LogP contribution < -0.4 is 0 Å². The summed E-state index contributed by atoms with van der Waals surface area (Å²) in [5.41, 5.74) is 1.81. The number of benzene rings is 1. The van der Waals surface area contributed by atoms with Crippen molar-refractivity contribution in [2.45, 2.75) is 39.2 Å². The molecule has 0 saturated heterocycles. The van der Waals surface area contributed by atoms with Crippen molar-refractivity contribution < 1.29 is 9.90 Å². The normalized spacial score (nSPS) is 24.5. The molecule has 4 heteroatoms. The molecule has 0 amide bonds. The largest absolute Gasteiger partial charge is 0.476 e. The van der Waals surface area contributed by atoms with E-state index in [1.807, 2.05) is 30.3 Å². The van der Waals surface area contributed by atoms with Crippen molar-refractivity contribution >= 4 is 5.97 Å². The Morgan fingerprint density at radius 1 is 1.32 bits per heavy atom. The highest BCUT2D eigenvalue weighted by Crippen LogP contribution is 2.43. The lowest BCUT2D eigenvalue weighted by atomic mass is 10.0. The zero-order valence-corrected chi connectivity index (χ0v) is 13.1. The minimum absolute atomic E-state index is 0.151. The standard InChI is InChI=1S/C18H22N2O2/c1-3-13-9-12(2)15(10-13)20-11-19-16(18(21)22)17(20)14-7-5-4-6-8-14/h4-8,11-13,15H,3,9-10H2,1-2H3,(H,21,22). The molecule has 3 rings (SSSR count). The second kappa shape index (κ2) is 5.95. The minimum atomic E-state index is -0.963. The van der Waals surface area contributed by atoms with Crippen LogP contribution in [0.15, 0.2) is 36.7 Å². The van der Waals surface area contributed by atoms with Crippen LogP contribution in [0.5, 0.6) is 0 Å². The first-order valence-corrected chi connectivity index (χ1v) is 7.97. The number of aromatic nitrogens is 2. The van der Waals surface area contributed by atoms with Gasteiger partial charge in [-0.2, -0.15) is 0 Å². The summed E-state index contributed by atoms with van der Waals surface area (Å²) < 4.78 is 2.10. The molecule has 116 valence electrons. The second-order valence-electron chi connectivity index (χ2n) is 6.31. The fourth-order valence-electron chi connectivity index (χ4n) is 3.72. The van der Waals surface area contributed by atoms with Gasteiger partial charge in [0.1, 0.15) is 0 Å². The van der Waals surface area contributed by atoms with Crippen LogP contribution >= 0.6 is 0 Å². The van der Waals surface area contributed by atoms with Gasteiger partial charge in [-0.15, -0.1) is 0 Å². The van der Waals surface area contributed by atoms with Crippen molar-refractivity contribution in [1.29, 1.82) is 0 Å². The van der Waals surface area contributed by atoms with Crippen LogP contribution in [0, 0.1) is 11.8 Å². The molecule has 3 atom stereocenters. The van der Waals surface area contributed by atoms with Crippen molar-refractivity contribution in [1.82, 2.24) is 9.55 Å². The molecule has 0 spiro atoms. The van der Waals surface area contributed by atoms with E-state index in [4.69, 9.17) is 0 Å². The predicted octanol–water partition coefficient (Wildman–Crippen LogP) is 4.25. The molecule has 22 heavy (non-hydrogen) atoms. The average molecular weight is 298 g/mol. The molecule has 1 aliphatic rings. The van der Waals surface area contributed by atoms with Crippen LogP contribution in [0.3, 0.4) is 0 Å². The first kappa shape index (κ1) is 14.8. The van der Waals surface area contributed by atoms with Gasteiger partial charge in [0.25, 0.3) is 0 Å². The lowest BCUT2D eigenvalue weighted by Crippen LogP contribution is -2.13. The van der Waals surface area contributed by atoms with E-state index in [2.05, 4.69) is 23.4 Å². The molecule has 2 aromatic rings. The van der Waals surface area contributed by atoms with Crippen molar-refractivity contribution in [3.8, 4) is 11.3 Å². The number of carbonyl (C=O) groups is 1. The van der Waals surface area contributed by atoms with Gasteiger partial charge in [-0.3, -0.25) is 0 Å². The topological polar surface area (TPSA) is 55.1 Å². The van der Waals surface area contributed by atoms with Gasteiger partial charge in [-0.25, -0.2) is 9.78 Å². The van der Waals surface area contributed by atoms with Crippen LogP contribution in [-0.4, -0.2) is 20.6 Å². The van der Waals surface area contributed by atoms with E-state index in [9.17, 15) is 9.90 Å². The Kier molecular flexibility index (Phi) is 4.01. The highest BCUT2D eigenvalue weighted by molar-refractivity contribution is 5.93. The van der Waals surface area contributed by atoms with Gasteiger partial charge in [0.05, 0.1) is 12.0 Å². The summed E-state index contributed by atoms with van der Waals surface area (Å²) in [4.78, 5) is 15.7. The Morgan fingerprint density at radius 3 is 2.64 bits per heavy atom. The van der Waals surface area contributed by atoms with E-state index < -0.39 is 5.97 Å². The number of hydrogen-bond donors (Lipinski definition) is 1. The maximum Gasteiger partial charge on any atom is 0.356 e. The van der Waals surface area contributed by atoms with Crippen molar-refractivity contribution in [2.24, 2.45) is 11.8 Å². The van der Waals surface area contributed by atoms with E-state index in [1.54, 1.807) is 6.33 Å². The van der Waals surface area contributed by atoms with Gasteiger partial charge >= 0.3 is 5.97 Å². The fraction of sp³-hybridized carbons (Fsp3) is 0.444. The summed E-state index contributed by atoms with van der Waals surface area (Å²) in [5, 5.41) is 9.47. The van der Waals surface area contributed by atoms with E-state index in [0.29, 0.717) is 12.0 Å². The Balaban J connectivity index is 2.08. The lowest BCUT2D eigenvalue weighted by molar-refractivity contribution is 0.0692. The first-order valence-electron chi connectivity index (χ1n) is 7.97. The second-order valence-corrected chi connectivity index (χ2v) is 6.31. The maximum absolute atomic E-state index is 11.5. The maximum atomic E-state index is 11.5. The summed E-state index contributed by atoms with van der Waals surface area (Å²) in [6, 6.07) is 10.1. The van der Waals surface area contributed by atoms with E-state index in [0.717, 1.165) is 23.6 Å². The molecule has 1 aromatic carbocycles. The smallest absolute Gasteiger partial charge is 0.356 e. The number of rotatable bonds is 4. The van der Waals surface area contributed by atoms with Gasteiger partial charge < -0.3 is 9.67 Å². The van der Waals surface area contributed by atoms with Crippen LogP contribution in [0.4, 0.5) is 0 Å². The lowest BCUT2D eigenvalue weighted by Gasteiger charge is -2.20. The number of carboxylic acid groups (broad SMARTS) is 1. The Morgan fingerprint density at radius 2 is 2.05 bits per heavy atom. The molecule has 0 aliphatic heterocycles. The molecule has 0 bridgehead atoms. The van der Waals surface area contributed by atoms with Gasteiger partial charge in [0.15, 0.2) is 5.69 Å². The number of imidazole rings is 1. The van der Waals surface area contributed by atoms with Gasteiger partial charge in [-0.05, 0) is 24.7 Å². The number of carboxylic acids is 1. The van der Waals surface area contributed by atoms with Crippen molar-refractivity contribution in [3.63, 3.8) is 0 Å². The molecule has 1 N–H and O–H groups in total. The summed E-state index contributed by atoms with van der Waals surface area (Å²) in [7, 11) is 0. The molecule has 1 aromatic heterocycles. The van der Waals surface area contributed by atoms with Crippen LogP contribution in [0.1, 0.15) is 49.6 Å². The summed E-state index contributed by atoms with van der Waals surface area (Å²) in [6.07, 6.45) is 5.20. The third-order valence-corrected chi connectivity index (χ3v) is 4.91. The zero-order chi connectivity index (χ0) is 15.7. The molecule has 4 nitrogen and oxygen atoms in total. The average Bonchev–Trinajstić information content (AvgIpc) is 3.11. The van der Waals surface area contributed by atoms with Crippen LogP contribution in [0.2, 0.25) is 0 Å². The first-order chi connectivity index (χ1) is 10.6. The SMILES string of the molecule is CCC1CC(C)C(n2cnc(C(=O)O)c2-c2ccccc2)C1. The van der Waals surface area contributed by atoms with E-state index in [-0.39, 0.29) is 5.69 Å². The van der Waals surface area contributed by atoms with Gasteiger partial charge in [0.2, 0.25) is 0 Å². The third-order valence-electron chi connectivity index (χ3n) is 4.91. The summed E-state index contributed by atoms with van der Waals surface area (Å²) in [6.45, 7) is 4.49. The molecule has 1 saturated carbocycles. The predicted molar refractivity (Wildman–Crippen MR) is 85.8 cm³/mol. The van der Waals surface area contributed by atoms with Crippen LogP contribution in [-0.2, 0) is 0 Å². The summed E-state index contributed by atoms with van der Waals surface area (Å²) in [5.74, 6) is 0.304. The minimum Gasteiger partial charge on any atom is -0.476 e. The molecule has 1 aliphatic carbocycles. The Hall–Kier alpha value is -2.10. The zero-order valence-electron chi connectivity index (χ0n) is 13.1. The van der Waals surface area contributed by atoms with Crippen LogP contribution in [0.25, 0.3) is 11.3 Å². The van der Waals surface area contributed by atoms with Gasteiger partial charge in [-0.1, -0.05) is 50.6 Å². The van der Waals surface area contributed by atoms with Crippen molar-refractivity contribution in [2.75, 3.05) is 0 Å². The Bertz CT molecular complexity index is 663. The van der Waals surface area contributed by atoms with E-state index >= 15 is 0 Å². The number of hydrogen-bond acceptors (Lipinski definition) is 2. The fourth-order valence-corrected chi connectivity index (χ4v) is 3.72. The third kappa shape index (κ3) is 2.54. The number of aromatic carboxylic acids is 1. The monoisotopic (exact) mass is 298 g/mol. The van der Waals surface area contributed by atoms with Crippen molar-refractivity contribution in [3.05, 3.63) is 42.4 Å². The Labute approximate surface area is 130 Å². The molecular weight excluding hydrogens is 276 g/mol. The number of nitrogens with zero attached hydrogens (tertiary/aromatic N) is 2. The molecular formula is C18H22N2O2. The molecule has 1 heterocycles. The molecule has 1 fully saturated rings. The highest BCUT2D eigenvalue weighted by Gasteiger charge is 2.34. The highest BCUT2D eigenvalue weighted by atomic mass is 16.4. The van der Waals surface area contributed by atoms with Gasteiger partial charge in [0, 0.05) is 11.6 Å². The summed E-state index contributed by atoms with van der Waals surface area (Å²) >= 11 is 0. The quantitative estimate of drug-likeness (QED) is 0.918. The van der Waals surface area contributed by atoms with E-state index in [1.165, 1.54) is 12.8 Å². The molecule has 3 unspecified atom stereocenters.